The average Bonchev–Trinajstić information content (AvgIpc) is 2.37. The van der Waals surface area contributed by atoms with Gasteiger partial charge in [0.05, 0.1) is 5.56 Å². The number of phenols is 1. The Morgan fingerprint density at radius 3 is 2.71 bits per heavy atom. The second-order valence-electron chi connectivity index (χ2n) is 5.75. The number of rotatable bonds is 4. The van der Waals surface area contributed by atoms with Crippen LogP contribution in [0, 0.1) is 0 Å². The second kappa shape index (κ2) is 5.64. The van der Waals surface area contributed by atoms with Crippen molar-refractivity contribution in [3.05, 3.63) is 41.0 Å². The molecule has 0 aliphatic carbocycles. The van der Waals surface area contributed by atoms with Crippen molar-refractivity contribution in [3.8, 4) is 11.5 Å². The minimum absolute atomic E-state index is 0.116. The van der Waals surface area contributed by atoms with Crippen molar-refractivity contribution in [1.82, 2.24) is 0 Å². The molecule has 1 aliphatic heterocycles. The molecule has 1 aliphatic rings. The smallest absolute Gasteiger partial charge is 0.339 e. The van der Waals surface area contributed by atoms with Crippen LogP contribution in [0.4, 0.5) is 0 Å². The Hall–Kier alpha value is -2.23. The van der Waals surface area contributed by atoms with Gasteiger partial charge in [0, 0.05) is 0 Å². The third-order valence-corrected chi connectivity index (χ3v) is 3.55. The lowest BCUT2D eigenvalue weighted by molar-refractivity contribution is 0.0693. The molecule has 0 radical (unpaired) electrons. The van der Waals surface area contributed by atoms with Crippen LogP contribution in [0.2, 0.25) is 0 Å². The summed E-state index contributed by atoms with van der Waals surface area (Å²) in [5.74, 6) is -0.886. The maximum Gasteiger partial charge on any atom is 0.339 e. The molecule has 0 spiro atoms. The van der Waals surface area contributed by atoms with E-state index in [0.717, 1.165) is 12.8 Å². The summed E-state index contributed by atoms with van der Waals surface area (Å²) in [6.07, 6.45) is 7.48. The molecule has 4 nitrogen and oxygen atoms in total. The molecule has 0 unspecified atom stereocenters. The predicted molar refractivity (Wildman–Crippen MR) is 81.8 cm³/mol. The number of aromatic hydroxyl groups is 1. The summed E-state index contributed by atoms with van der Waals surface area (Å²) in [5.41, 5.74) is 1.13. The lowest BCUT2D eigenvalue weighted by atomic mass is 9.93. The minimum Gasteiger partial charge on any atom is -0.506 e. The van der Waals surface area contributed by atoms with E-state index < -0.39 is 11.6 Å². The molecule has 2 N–H and O–H groups in total. The fourth-order valence-corrected chi connectivity index (χ4v) is 2.34. The Labute approximate surface area is 124 Å². The highest BCUT2D eigenvalue weighted by molar-refractivity contribution is 5.93. The van der Waals surface area contributed by atoms with Gasteiger partial charge in [0.25, 0.3) is 0 Å². The molecule has 0 fully saturated rings. The Morgan fingerprint density at radius 2 is 2.10 bits per heavy atom. The van der Waals surface area contributed by atoms with E-state index in [-0.39, 0.29) is 11.3 Å². The van der Waals surface area contributed by atoms with Gasteiger partial charge in [0.15, 0.2) is 0 Å². The van der Waals surface area contributed by atoms with E-state index in [1.165, 1.54) is 11.6 Å². The fraction of sp³-hybridized carbons (Fsp3) is 0.353. The van der Waals surface area contributed by atoms with E-state index in [1.54, 1.807) is 12.1 Å². The van der Waals surface area contributed by atoms with Crippen molar-refractivity contribution in [1.29, 1.82) is 0 Å². The molecular formula is C17H20O4. The number of fused-ring (bicyclic) bond motifs is 1. The van der Waals surface area contributed by atoms with Crippen LogP contribution < -0.4 is 4.74 Å². The van der Waals surface area contributed by atoms with Gasteiger partial charge in [-0.25, -0.2) is 4.79 Å². The van der Waals surface area contributed by atoms with Gasteiger partial charge in [0.2, 0.25) is 0 Å². The van der Waals surface area contributed by atoms with Gasteiger partial charge in [0.1, 0.15) is 22.7 Å². The van der Waals surface area contributed by atoms with E-state index in [1.807, 2.05) is 13.0 Å². The van der Waals surface area contributed by atoms with Gasteiger partial charge >= 0.3 is 5.97 Å². The van der Waals surface area contributed by atoms with Crippen LogP contribution in [0.3, 0.4) is 0 Å². The highest BCUT2D eigenvalue weighted by Gasteiger charge is 2.29. The standard InChI is InChI=1S/C17H20O4/c1-11(2)5-4-9-17(3)10-8-12-14(21-17)7-6-13(15(12)18)16(19)20/h5-8,10,18H,4,9H2,1-3H3,(H,19,20)/t17-/m0/s1. The van der Waals surface area contributed by atoms with Crippen molar-refractivity contribution >= 4 is 12.0 Å². The summed E-state index contributed by atoms with van der Waals surface area (Å²) in [4.78, 5) is 11.0. The number of carboxylic acid groups (broad SMARTS) is 1. The molecule has 0 bridgehead atoms. The number of hydrogen-bond donors (Lipinski definition) is 2. The molecule has 2 rings (SSSR count). The maximum atomic E-state index is 11.0. The van der Waals surface area contributed by atoms with Crippen LogP contribution in [0.5, 0.6) is 11.5 Å². The van der Waals surface area contributed by atoms with Crippen LogP contribution >= 0.6 is 0 Å². The van der Waals surface area contributed by atoms with Gasteiger partial charge in [-0.1, -0.05) is 11.6 Å². The largest absolute Gasteiger partial charge is 0.506 e. The molecule has 0 amide bonds. The number of ether oxygens (including phenoxy) is 1. The highest BCUT2D eigenvalue weighted by atomic mass is 16.5. The number of hydrogen-bond acceptors (Lipinski definition) is 3. The third-order valence-electron chi connectivity index (χ3n) is 3.55. The zero-order valence-corrected chi connectivity index (χ0v) is 12.5. The van der Waals surface area contributed by atoms with Gasteiger partial charge in [-0.15, -0.1) is 0 Å². The van der Waals surface area contributed by atoms with Crippen molar-refractivity contribution in [3.63, 3.8) is 0 Å². The fourth-order valence-electron chi connectivity index (χ4n) is 2.34. The first-order valence-corrected chi connectivity index (χ1v) is 6.93. The molecule has 0 saturated carbocycles. The highest BCUT2D eigenvalue weighted by Crippen LogP contribution is 2.39. The molecule has 21 heavy (non-hydrogen) atoms. The first-order chi connectivity index (χ1) is 9.82. The summed E-state index contributed by atoms with van der Waals surface area (Å²) in [7, 11) is 0. The SMILES string of the molecule is CC(C)=CCC[C@@]1(C)C=Cc2c(ccc(C(=O)O)c2O)O1. The normalized spacial score (nSPS) is 19.6. The number of aromatic carboxylic acids is 1. The summed E-state index contributed by atoms with van der Waals surface area (Å²) < 4.78 is 5.95. The van der Waals surface area contributed by atoms with Crippen LogP contribution in [0.1, 0.15) is 49.5 Å². The molecule has 1 atom stereocenters. The van der Waals surface area contributed by atoms with Crippen molar-refractivity contribution in [2.24, 2.45) is 0 Å². The number of carbonyl (C=O) groups is 1. The van der Waals surface area contributed by atoms with E-state index in [4.69, 9.17) is 9.84 Å². The quantitative estimate of drug-likeness (QED) is 0.822. The van der Waals surface area contributed by atoms with Crippen molar-refractivity contribution in [2.45, 2.75) is 39.2 Å². The minimum atomic E-state index is -1.15. The summed E-state index contributed by atoms with van der Waals surface area (Å²) in [5, 5.41) is 19.0. The lowest BCUT2D eigenvalue weighted by Gasteiger charge is -2.32. The molecule has 1 heterocycles. The van der Waals surface area contributed by atoms with E-state index in [2.05, 4.69) is 19.9 Å². The van der Waals surface area contributed by atoms with Gasteiger partial charge in [-0.2, -0.15) is 0 Å². The average molecular weight is 288 g/mol. The molecule has 1 aromatic carbocycles. The van der Waals surface area contributed by atoms with Gasteiger partial charge in [-0.3, -0.25) is 0 Å². The Morgan fingerprint density at radius 1 is 1.38 bits per heavy atom. The maximum absolute atomic E-state index is 11.0. The predicted octanol–water partition coefficient (Wildman–Crippen LogP) is 4.00. The topological polar surface area (TPSA) is 66.8 Å². The van der Waals surface area contributed by atoms with Crippen molar-refractivity contribution in [2.75, 3.05) is 0 Å². The molecule has 1 aromatic rings. The zero-order valence-electron chi connectivity index (χ0n) is 12.5. The molecular weight excluding hydrogens is 268 g/mol. The van der Waals surface area contributed by atoms with Crippen LogP contribution in [0.25, 0.3) is 6.08 Å². The molecule has 112 valence electrons. The Kier molecular flexibility index (Phi) is 4.07. The monoisotopic (exact) mass is 288 g/mol. The molecule has 0 saturated heterocycles. The Balaban J connectivity index is 2.25. The molecule has 4 heteroatoms. The Bertz CT molecular complexity index is 624. The second-order valence-corrected chi connectivity index (χ2v) is 5.75. The zero-order chi connectivity index (χ0) is 15.6. The summed E-state index contributed by atoms with van der Waals surface area (Å²) >= 11 is 0. The number of benzene rings is 1. The van der Waals surface area contributed by atoms with E-state index in [9.17, 15) is 9.90 Å². The van der Waals surface area contributed by atoms with Crippen molar-refractivity contribution < 1.29 is 19.7 Å². The summed E-state index contributed by atoms with van der Waals surface area (Å²) in [6.45, 7) is 6.09. The number of carboxylic acids is 1. The molecule has 0 aromatic heterocycles. The lowest BCUT2D eigenvalue weighted by Crippen LogP contribution is -2.31. The van der Waals surface area contributed by atoms with Crippen LogP contribution in [0.15, 0.2) is 29.9 Å². The van der Waals surface area contributed by atoms with Crippen LogP contribution in [-0.2, 0) is 0 Å². The summed E-state index contributed by atoms with van der Waals surface area (Å²) in [6, 6.07) is 2.97. The van der Waals surface area contributed by atoms with Crippen LogP contribution in [-0.4, -0.2) is 21.8 Å². The van der Waals surface area contributed by atoms with Gasteiger partial charge < -0.3 is 14.9 Å². The first-order valence-electron chi connectivity index (χ1n) is 6.93. The third kappa shape index (κ3) is 3.27. The first kappa shape index (κ1) is 15.2. The van der Waals surface area contributed by atoms with E-state index in [0.29, 0.717) is 11.3 Å². The number of allylic oxidation sites excluding steroid dienone is 2. The van der Waals surface area contributed by atoms with Gasteiger partial charge in [-0.05, 0) is 57.9 Å². The van der Waals surface area contributed by atoms with E-state index >= 15 is 0 Å².